The minimum atomic E-state index is -1.13. The Morgan fingerprint density at radius 1 is 1.20 bits per heavy atom. The lowest BCUT2D eigenvalue weighted by Gasteiger charge is -2.06. The lowest BCUT2D eigenvalue weighted by Crippen LogP contribution is -2.01. The number of nitriles is 1. The van der Waals surface area contributed by atoms with Gasteiger partial charge in [0.25, 0.3) is 0 Å². The predicted octanol–water partition coefficient (Wildman–Crippen LogP) is 3.45. The first-order chi connectivity index (χ1) is 9.58. The zero-order valence-electron chi connectivity index (χ0n) is 11.1. The minimum absolute atomic E-state index is 0.251. The molecule has 102 valence electrons. The van der Waals surface area contributed by atoms with Crippen molar-refractivity contribution >= 4 is 10.8 Å². The number of hydrogen-bond acceptors (Lipinski definition) is 2. The third kappa shape index (κ3) is 3.75. The van der Waals surface area contributed by atoms with Crippen molar-refractivity contribution in [2.75, 3.05) is 0 Å². The van der Waals surface area contributed by atoms with Gasteiger partial charge in [0, 0.05) is 22.3 Å². The maximum absolute atomic E-state index is 13.3. The molecule has 0 bridgehead atoms. The second-order valence-corrected chi connectivity index (χ2v) is 6.07. The van der Waals surface area contributed by atoms with Gasteiger partial charge in [0.2, 0.25) is 0 Å². The summed E-state index contributed by atoms with van der Waals surface area (Å²) >= 11 is 0. The molecule has 0 aliphatic carbocycles. The summed E-state index contributed by atoms with van der Waals surface area (Å²) < 4.78 is 25.5. The zero-order chi connectivity index (χ0) is 14.5. The van der Waals surface area contributed by atoms with Gasteiger partial charge >= 0.3 is 0 Å². The Bertz CT molecular complexity index is 691. The number of benzene rings is 2. The van der Waals surface area contributed by atoms with E-state index in [1.165, 1.54) is 12.1 Å². The van der Waals surface area contributed by atoms with E-state index in [1.54, 1.807) is 6.07 Å². The van der Waals surface area contributed by atoms with Crippen molar-refractivity contribution in [3.05, 3.63) is 70.5 Å². The highest BCUT2D eigenvalue weighted by Gasteiger charge is 2.07. The van der Waals surface area contributed by atoms with Gasteiger partial charge in [-0.15, -0.1) is 0 Å². The number of aryl methyl sites for hydroxylation is 1. The van der Waals surface area contributed by atoms with E-state index < -0.39 is 16.6 Å². The van der Waals surface area contributed by atoms with E-state index in [0.717, 1.165) is 11.1 Å². The lowest BCUT2D eigenvalue weighted by atomic mass is 10.1. The molecule has 2 aromatic rings. The summed E-state index contributed by atoms with van der Waals surface area (Å²) in [5.74, 6) is 0.221. The van der Waals surface area contributed by atoms with Gasteiger partial charge in [-0.25, -0.2) is 4.39 Å². The molecule has 0 saturated heterocycles. The Labute approximate surface area is 120 Å². The SMILES string of the molecule is Cc1ccccc1CS(=O)Cc1cc(F)cc(C#N)c1. The Morgan fingerprint density at radius 2 is 1.95 bits per heavy atom. The molecule has 2 rings (SSSR count). The number of hydrogen-bond donors (Lipinski definition) is 0. The second kappa shape index (κ2) is 6.44. The van der Waals surface area contributed by atoms with E-state index in [4.69, 9.17) is 5.26 Å². The van der Waals surface area contributed by atoms with Crippen molar-refractivity contribution in [3.63, 3.8) is 0 Å². The summed E-state index contributed by atoms with van der Waals surface area (Å²) in [6.45, 7) is 1.97. The number of nitrogens with zero attached hydrogens (tertiary/aromatic N) is 1. The largest absolute Gasteiger partial charge is 0.259 e. The Balaban J connectivity index is 2.11. The fourth-order valence-electron chi connectivity index (χ4n) is 1.98. The van der Waals surface area contributed by atoms with Gasteiger partial charge in [-0.2, -0.15) is 5.26 Å². The predicted molar refractivity (Wildman–Crippen MR) is 77.8 cm³/mol. The van der Waals surface area contributed by atoms with E-state index >= 15 is 0 Å². The highest BCUT2D eigenvalue weighted by Crippen LogP contribution is 2.15. The zero-order valence-corrected chi connectivity index (χ0v) is 11.9. The van der Waals surface area contributed by atoms with Crippen molar-refractivity contribution in [2.45, 2.75) is 18.4 Å². The monoisotopic (exact) mass is 287 g/mol. The maximum atomic E-state index is 13.3. The molecule has 0 saturated carbocycles. The van der Waals surface area contributed by atoms with Gasteiger partial charge in [-0.05, 0) is 41.8 Å². The summed E-state index contributed by atoms with van der Waals surface area (Å²) in [6, 6.07) is 13.8. The van der Waals surface area contributed by atoms with E-state index in [-0.39, 0.29) is 11.3 Å². The smallest absolute Gasteiger partial charge is 0.124 e. The minimum Gasteiger partial charge on any atom is -0.259 e. The standard InChI is InChI=1S/C16H14FNOS/c1-12-4-2-3-5-15(12)11-20(19)10-14-6-13(9-18)7-16(17)8-14/h2-8H,10-11H2,1H3. The van der Waals surface area contributed by atoms with Crippen LogP contribution in [0.2, 0.25) is 0 Å². The maximum Gasteiger partial charge on any atom is 0.124 e. The molecule has 0 spiro atoms. The van der Waals surface area contributed by atoms with Gasteiger partial charge in [-0.1, -0.05) is 24.3 Å². The first-order valence-corrected chi connectivity index (χ1v) is 7.66. The van der Waals surface area contributed by atoms with Crippen LogP contribution in [-0.4, -0.2) is 4.21 Å². The van der Waals surface area contributed by atoms with Crippen molar-refractivity contribution in [1.29, 1.82) is 5.26 Å². The van der Waals surface area contributed by atoms with Crippen molar-refractivity contribution in [2.24, 2.45) is 0 Å². The fourth-order valence-corrected chi connectivity index (χ4v) is 3.29. The molecule has 0 aliphatic rings. The second-order valence-electron chi connectivity index (χ2n) is 4.61. The fraction of sp³-hybridized carbons (Fsp3) is 0.188. The Morgan fingerprint density at radius 3 is 2.65 bits per heavy atom. The molecule has 0 heterocycles. The third-order valence-corrected chi connectivity index (χ3v) is 4.28. The first kappa shape index (κ1) is 14.4. The van der Waals surface area contributed by atoms with E-state index in [0.29, 0.717) is 11.3 Å². The van der Waals surface area contributed by atoms with Crippen molar-refractivity contribution in [1.82, 2.24) is 0 Å². The van der Waals surface area contributed by atoms with Crippen molar-refractivity contribution in [3.8, 4) is 6.07 Å². The summed E-state index contributed by atoms with van der Waals surface area (Å²) in [4.78, 5) is 0. The van der Waals surface area contributed by atoms with Crippen molar-refractivity contribution < 1.29 is 8.60 Å². The van der Waals surface area contributed by atoms with Gasteiger partial charge < -0.3 is 0 Å². The molecule has 1 unspecified atom stereocenters. The topological polar surface area (TPSA) is 40.9 Å². The van der Waals surface area contributed by atoms with E-state index in [2.05, 4.69) is 0 Å². The Kier molecular flexibility index (Phi) is 4.65. The average molecular weight is 287 g/mol. The summed E-state index contributed by atoms with van der Waals surface area (Å²) in [7, 11) is -1.13. The van der Waals surface area contributed by atoms with Crippen LogP contribution in [0, 0.1) is 24.1 Å². The van der Waals surface area contributed by atoms with Gasteiger partial charge in [0.1, 0.15) is 5.82 Å². The van der Waals surface area contributed by atoms with Crippen LogP contribution in [-0.2, 0) is 22.3 Å². The van der Waals surface area contributed by atoms with E-state index in [1.807, 2.05) is 37.3 Å². The molecule has 0 aliphatic heterocycles. The molecule has 0 fully saturated rings. The number of rotatable bonds is 4. The molecule has 0 aromatic heterocycles. The highest BCUT2D eigenvalue weighted by molar-refractivity contribution is 7.83. The van der Waals surface area contributed by atoms with Crippen LogP contribution < -0.4 is 0 Å². The van der Waals surface area contributed by atoms with Crippen LogP contribution in [0.15, 0.2) is 42.5 Å². The third-order valence-electron chi connectivity index (χ3n) is 2.99. The summed E-state index contributed by atoms with van der Waals surface area (Å²) in [5, 5.41) is 8.80. The van der Waals surface area contributed by atoms with Gasteiger partial charge in [0.05, 0.1) is 11.6 Å². The molecule has 0 radical (unpaired) electrons. The molecule has 2 aromatic carbocycles. The molecule has 2 nitrogen and oxygen atoms in total. The molecule has 4 heteroatoms. The van der Waals surface area contributed by atoms with Crippen LogP contribution >= 0.6 is 0 Å². The highest BCUT2D eigenvalue weighted by atomic mass is 32.2. The molecule has 0 N–H and O–H groups in total. The van der Waals surface area contributed by atoms with E-state index in [9.17, 15) is 8.60 Å². The number of halogens is 1. The van der Waals surface area contributed by atoms with Crippen LogP contribution in [0.4, 0.5) is 4.39 Å². The van der Waals surface area contributed by atoms with Crippen LogP contribution in [0.3, 0.4) is 0 Å². The normalized spacial score (nSPS) is 11.8. The quantitative estimate of drug-likeness (QED) is 0.864. The summed E-state index contributed by atoms with van der Waals surface area (Å²) in [5.41, 5.74) is 2.97. The average Bonchev–Trinajstić information content (AvgIpc) is 2.40. The molecule has 1 atom stereocenters. The van der Waals surface area contributed by atoms with Crippen LogP contribution in [0.25, 0.3) is 0 Å². The van der Waals surface area contributed by atoms with Crippen LogP contribution in [0.5, 0.6) is 0 Å². The Hall–Kier alpha value is -1.99. The van der Waals surface area contributed by atoms with Gasteiger partial charge in [0.15, 0.2) is 0 Å². The first-order valence-electron chi connectivity index (χ1n) is 6.17. The molecule has 20 heavy (non-hydrogen) atoms. The molecular weight excluding hydrogens is 273 g/mol. The summed E-state index contributed by atoms with van der Waals surface area (Å²) in [6.07, 6.45) is 0. The molecule has 0 amide bonds. The van der Waals surface area contributed by atoms with Gasteiger partial charge in [-0.3, -0.25) is 4.21 Å². The lowest BCUT2D eigenvalue weighted by molar-refractivity contribution is 0.625. The molecular formula is C16H14FNOS. The van der Waals surface area contributed by atoms with Crippen LogP contribution in [0.1, 0.15) is 22.3 Å².